The number of likely N-dealkylation sites (N-methyl/N-ethyl adjacent to an activating group) is 1. The summed E-state index contributed by atoms with van der Waals surface area (Å²) in [6.07, 6.45) is 0. The quantitative estimate of drug-likeness (QED) is 0.468. The minimum atomic E-state index is -0.441. The molecule has 3 N–H and O–H groups in total. The third-order valence-corrected chi connectivity index (χ3v) is 5.12. The molecule has 176 valence electrons. The molecule has 0 saturated heterocycles. The number of carbonyl (C=O) groups excluding carboxylic acids is 3. The van der Waals surface area contributed by atoms with Crippen LogP contribution in [0.4, 0.5) is 21.5 Å². The molecule has 0 fully saturated rings. The lowest BCUT2D eigenvalue weighted by molar-refractivity contribution is -0.119. The molecular formula is C26H27FN4O3. The number of nitrogens with zero attached hydrogens (tertiary/aromatic N) is 1. The van der Waals surface area contributed by atoms with E-state index in [2.05, 4.69) is 16.0 Å². The van der Waals surface area contributed by atoms with Gasteiger partial charge in [0.2, 0.25) is 11.8 Å². The van der Waals surface area contributed by atoms with Gasteiger partial charge in [-0.3, -0.25) is 19.3 Å². The van der Waals surface area contributed by atoms with Gasteiger partial charge >= 0.3 is 0 Å². The molecule has 0 radical (unpaired) electrons. The first kappa shape index (κ1) is 24.6. The highest BCUT2D eigenvalue weighted by Gasteiger charge is 2.16. The predicted molar refractivity (Wildman–Crippen MR) is 131 cm³/mol. The Morgan fingerprint density at radius 3 is 2.00 bits per heavy atom. The van der Waals surface area contributed by atoms with Gasteiger partial charge in [0, 0.05) is 11.4 Å². The fraction of sp³-hybridized carbons (Fsp3) is 0.192. The van der Waals surface area contributed by atoms with E-state index in [-0.39, 0.29) is 30.5 Å². The molecular weight excluding hydrogens is 435 g/mol. The molecule has 3 aromatic carbocycles. The van der Waals surface area contributed by atoms with Crippen molar-refractivity contribution in [2.24, 2.45) is 0 Å². The summed E-state index contributed by atoms with van der Waals surface area (Å²) in [5.41, 5.74) is 3.72. The first-order valence-corrected chi connectivity index (χ1v) is 10.7. The molecule has 0 aromatic heterocycles. The van der Waals surface area contributed by atoms with Gasteiger partial charge < -0.3 is 16.0 Å². The third kappa shape index (κ3) is 6.73. The summed E-state index contributed by atoms with van der Waals surface area (Å²) < 4.78 is 13.1. The van der Waals surface area contributed by atoms with Crippen molar-refractivity contribution >= 4 is 34.8 Å². The van der Waals surface area contributed by atoms with E-state index in [0.29, 0.717) is 11.4 Å². The Morgan fingerprint density at radius 1 is 0.765 bits per heavy atom. The van der Waals surface area contributed by atoms with Crippen LogP contribution in [0.1, 0.15) is 21.5 Å². The molecule has 0 aliphatic heterocycles. The summed E-state index contributed by atoms with van der Waals surface area (Å²) in [6.45, 7) is 3.81. The van der Waals surface area contributed by atoms with E-state index in [1.165, 1.54) is 24.3 Å². The van der Waals surface area contributed by atoms with E-state index in [1.807, 2.05) is 32.0 Å². The molecule has 0 bridgehead atoms. The summed E-state index contributed by atoms with van der Waals surface area (Å²) in [5.74, 6) is -1.45. The topological polar surface area (TPSA) is 90.5 Å². The molecule has 3 rings (SSSR count). The number of hydrogen-bond acceptors (Lipinski definition) is 4. The largest absolute Gasteiger partial charge is 0.324 e. The smallest absolute Gasteiger partial charge is 0.257 e. The molecule has 7 nitrogen and oxygen atoms in total. The van der Waals surface area contributed by atoms with Gasteiger partial charge in [-0.05, 0) is 68.4 Å². The molecule has 0 aliphatic rings. The molecule has 0 unspecified atom stereocenters. The Balaban J connectivity index is 1.57. The van der Waals surface area contributed by atoms with Gasteiger partial charge in [-0.25, -0.2) is 4.39 Å². The summed E-state index contributed by atoms with van der Waals surface area (Å²) in [6, 6.07) is 17.7. The molecule has 3 aromatic rings. The zero-order valence-electron chi connectivity index (χ0n) is 19.3. The van der Waals surface area contributed by atoms with E-state index in [0.717, 1.165) is 16.8 Å². The highest BCUT2D eigenvalue weighted by atomic mass is 19.1. The van der Waals surface area contributed by atoms with Crippen molar-refractivity contribution in [3.8, 4) is 0 Å². The Morgan fingerprint density at radius 2 is 1.35 bits per heavy atom. The van der Waals surface area contributed by atoms with Crippen LogP contribution >= 0.6 is 0 Å². The number of aryl methyl sites for hydroxylation is 2. The summed E-state index contributed by atoms with van der Waals surface area (Å²) in [7, 11) is 1.66. The fourth-order valence-corrected chi connectivity index (χ4v) is 3.45. The van der Waals surface area contributed by atoms with Gasteiger partial charge in [0.25, 0.3) is 5.91 Å². The first-order valence-electron chi connectivity index (χ1n) is 10.7. The van der Waals surface area contributed by atoms with Gasteiger partial charge in [-0.2, -0.15) is 0 Å². The maximum atomic E-state index is 13.1. The molecule has 3 amide bonds. The molecule has 8 heteroatoms. The Hall–Kier alpha value is -4.04. The third-order valence-electron chi connectivity index (χ3n) is 5.12. The van der Waals surface area contributed by atoms with Crippen LogP contribution in [0, 0.1) is 19.7 Å². The van der Waals surface area contributed by atoms with E-state index in [1.54, 1.807) is 36.2 Å². The lowest BCUT2D eigenvalue weighted by atomic mass is 10.1. The van der Waals surface area contributed by atoms with E-state index < -0.39 is 11.7 Å². The van der Waals surface area contributed by atoms with Crippen LogP contribution in [-0.4, -0.2) is 42.8 Å². The van der Waals surface area contributed by atoms with Gasteiger partial charge in [-0.1, -0.05) is 30.3 Å². The Kier molecular flexibility index (Phi) is 8.10. The van der Waals surface area contributed by atoms with Crippen molar-refractivity contribution in [3.05, 3.63) is 89.2 Å². The van der Waals surface area contributed by atoms with Gasteiger partial charge in [-0.15, -0.1) is 0 Å². The molecule has 0 spiro atoms. The molecule has 34 heavy (non-hydrogen) atoms. The molecule has 0 heterocycles. The van der Waals surface area contributed by atoms with Crippen molar-refractivity contribution in [3.63, 3.8) is 0 Å². The maximum absolute atomic E-state index is 13.1. The van der Waals surface area contributed by atoms with E-state index in [9.17, 15) is 18.8 Å². The minimum absolute atomic E-state index is 0.0217. The van der Waals surface area contributed by atoms with Crippen LogP contribution in [0.15, 0.2) is 66.7 Å². The van der Waals surface area contributed by atoms with Crippen molar-refractivity contribution in [2.75, 3.05) is 36.1 Å². The number of amides is 3. The monoisotopic (exact) mass is 462 g/mol. The molecule has 0 atom stereocenters. The number of nitrogens with one attached hydrogen (secondary N) is 3. The van der Waals surface area contributed by atoms with Crippen molar-refractivity contribution in [1.82, 2.24) is 4.90 Å². The lowest BCUT2D eigenvalue weighted by Crippen LogP contribution is -2.36. The molecule has 0 saturated carbocycles. The first-order chi connectivity index (χ1) is 16.2. The second-order valence-corrected chi connectivity index (χ2v) is 8.04. The standard InChI is InChI=1S/C26H27FN4O3/c1-17-7-6-8-18(2)25(17)30-24(33)16-31(3)15-23(32)29-22-10-5-4-9-21(22)26(34)28-20-13-11-19(27)12-14-20/h4-14H,15-16H2,1-3H3,(H,28,34)(H,29,32)(H,30,33). The van der Waals surface area contributed by atoms with Crippen LogP contribution in [0.2, 0.25) is 0 Å². The van der Waals surface area contributed by atoms with Crippen LogP contribution in [0.5, 0.6) is 0 Å². The van der Waals surface area contributed by atoms with Gasteiger partial charge in [0.05, 0.1) is 24.3 Å². The Bertz CT molecular complexity index is 1170. The van der Waals surface area contributed by atoms with Crippen LogP contribution in [0.25, 0.3) is 0 Å². The summed E-state index contributed by atoms with van der Waals surface area (Å²) in [5, 5.41) is 8.30. The van der Waals surface area contributed by atoms with Crippen molar-refractivity contribution in [2.45, 2.75) is 13.8 Å². The number of halogens is 1. The minimum Gasteiger partial charge on any atom is -0.324 e. The normalized spacial score (nSPS) is 10.6. The zero-order valence-corrected chi connectivity index (χ0v) is 19.3. The summed E-state index contributed by atoms with van der Waals surface area (Å²) in [4.78, 5) is 39.3. The predicted octanol–water partition coefficient (Wildman–Crippen LogP) is 4.20. The number of para-hydroxylation sites is 2. The van der Waals surface area contributed by atoms with Gasteiger partial charge in [0.15, 0.2) is 0 Å². The zero-order chi connectivity index (χ0) is 24.7. The lowest BCUT2D eigenvalue weighted by Gasteiger charge is -2.18. The second kappa shape index (κ2) is 11.2. The summed E-state index contributed by atoms with van der Waals surface area (Å²) >= 11 is 0. The van der Waals surface area contributed by atoms with Crippen LogP contribution < -0.4 is 16.0 Å². The van der Waals surface area contributed by atoms with Crippen LogP contribution in [-0.2, 0) is 9.59 Å². The Labute approximate surface area is 198 Å². The molecule has 0 aliphatic carbocycles. The van der Waals surface area contributed by atoms with E-state index in [4.69, 9.17) is 0 Å². The number of carbonyl (C=O) groups is 3. The number of hydrogen-bond donors (Lipinski definition) is 3. The second-order valence-electron chi connectivity index (χ2n) is 8.04. The number of anilines is 3. The van der Waals surface area contributed by atoms with Crippen molar-refractivity contribution < 1.29 is 18.8 Å². The van der Waals surface area contributed by atoms with Crippen molar-refractivity contribution in [1.29, 1.82) is 0 Å². The van der Waals surface area contributed by atoms with Crippen LogP contribution in [0.3, 0.4) is 0 Å². The fourth-order valence-electron chi connectivity index (χ4n) is 3.45. The highest BCUT2D eigenvalue weighted by Crippen LogP contribution is 2.20. The maximum Gasteiger partial charge on any atom is 0.257 e. The average molecular weight is 463 g/mol. The highest BCUT2D eigenvalue weighted by molar-refractivity contribution is 6.10. The number of benzene rings is 3. The number of rotatable bonds is 8. The van der Waals surface area contributed by atoms with Gasteiger partial charge in [0.1, 0.15) is 5.82 Å². The average Bonchev–Trinajstić information content (AvgIpc) is 2.78. The SMILES string of the molecule is Cc1cccc(C)c1NC(=O)CN(C)CC(=O)Nc1ccccc1C(=O)Nc1ccc(F)cc1. The van der Waals surface area contributed by atoms with E-state index >= 15 is 0 Å².